The molecule has 292 valence electrons. The molecule has 0 saturated carbocycles. The van der Waals surface area contributed by atoms with Crippen molar-refractivity contribution in [1.29, 1.82) is 0 Å². The first-order valence-electron chi connectivity index (χ1n) is 13.8. The summed E-state index contributed by atoms with van der Waals surface area (Å²) in [5, 5.41) is 7.31. The zero-order valence-electron chi connectivity index (χ0n) is 25.8. The number of aliphatic carboxylic acids is 1. The zero-order chi connectivity index (χ0) is 41.1. The molecule has 4 aromatic carbocycles. The maximum Gasteiger partial charge on any atom is 0.465 e. The molecule has 4 aromatic rings. The van der Waals surface area contributed by atoms with Crippen molar-refractivity contribution in [1.82, 2.24) is 0 Å². The molecule has 54 heavy (non-hydrogen) atoms. The minimum absolute atomic E-state index is 0.00541. The van der Waals surface area contributed by atoms with Crippen molar-refractivity contribution in [2.24, 2.45) is 4.99 Å². The number of rotatable bonds is 6. The monoisotopic (exact) mass is 831 g/mol. The third-order valence-electron chi connectivity index (χ3n) is 6.45. The lowest BCUT2D eigenvalue weighted by atomic mass is 10.1. The molecule has 0 atom stereocenters. The van der Waals surface area contributed by atoms with Gasteiger partial charge in [0.15, 0.2) is 23.1 Å². The van der Waals surface area contributed by atoms with Crippen LogP contribution in [0.2, 0.25) is 10.0 Å². The standard InChI is InChI=1S/C16H7ClF7NO.C12H9ClF2N2O.C3HF5O2/c17-9-6-11-7(4-14(25-11)15(20,21)16(22,23)24)3-13(9)26-12-2-1-8(18)5-10(12)19;13-7-4-9(16)10(17)5-12(7)18-11-2-1-6(14)3-8(11)15;4-2(5,1(9)10)3(6,7)8/h1-3,5-6H,4H2;1-5H,16-17H2;(H,9,10). The summed E-state index contributed by atoms with van der Waals surface area (Å²) in [6.07, 6.45) is -12.6. The lowest BCUT2D eigenvalue weighted by Crippen LogP contribution is -2.44. The maximum atomic E-state index is 13.6. The lowest BCUT2D eigenvalue weighted by molar-refractivity contribution is -0.277. The first-order valence-corrected chi connectivity index (χ1v) is 14.5. The molecule has 5 N–H and O–H groups in total. The number of carboxylic acid groups (broad SMARTS) is 1. The van der Waals surface area contributed by atoms with Gasteiger partial charge in [-0.05, 0) is 48.0 Å². The quantitative estimate of drug-likeness (QED) is 0.131. The molecule has 1 aliphatic rings. The van der Waals surface area contributed by atoms with Gasteiger partial charge in [0, 0.05) is 24.6 Å². The molecule has 0 aromatic heterocycles. The Hall–Kier alpha value is -5.18. The highest BCUT2D eigenvalue weighted by Crippen LogP contribution is 2.45. The largest absolute Gasteiger partial charge is 0.477 e. The fourth-order valence-electron chi connectivity index (χ4n) is 3.76. The van der Waals surface area contributed by atoms with Crippen molar-refractivity contribution in [2.45, 2.75) is 30.6 Å². The highest BCUT2D eigenvalue weighted by Gasteiger charge is 2.64. The third kappa shape index (κ3) is 10.1. The molecule has 0 spiro atoms. The predicted octanol–water partition coefficient (Wildman–Crippen LogP) is 11.1. The molecule has 0 aliphatic carbocycles. The van der Waals surface area contributed by atoms with Crippen molar-refractivity contribution in [2.75, 3.05) is 11.5 Å². The van der Waals surface area contributed by atoms with Gasteiger partial charge >= 0.3 is 30.2 Å². The first kappa shape index (κ1) is 43.2. The van der Waals surface area contributed by atoms with Gasteiger partial charge < -0.3 is 26.0 Å². The highest BCUT2D eigenvalue weighted by atomic mass is 35.5. The van der Waals surface area contributed by atoms with Crippen LogP contribution in [0.3, 0.4) is 0 Å². The molecule has 7 nitrogen and oxygen atoms in total. The van der Waals surface area contributed by atoms with Crippen molar-refractivity contribution in [3.05, 3.63) is 99.5 Å². The van der Waals surface area contributed by atoms with Crippen LogP contribution in [0.15, 0.2) is 65.7 Å². The maximum absolute atomic E-state index is 13.6. The number of benzene rings is 4. The number of aliphatic imine (C=N–C) groups is 1. The molecule has 0 saturated heterocycles. The third-order valence-corrected chi connectivity index (χ3v) is 7.05. The molecule has 0 bridgehead atoms. The second-order valence-corrected chi connectivity index (χ2v) is 11.2. The van der Waals surface area contributed by atoms with Crippen molar-refractivity contribution in [3.8, 4) is 23.0 Å². The van der Waals surface area contributed by atoms with E-state index in [2.05, 4.69) is 4.99 Å². The number of nitrogen functional groups attached to an aromatic ring is 2. The molecule has 23 heteroatoms. The summed E-state index contributed by atoms with van der Waals surface area (Å²) < 4.78 is 183. The van der Waals surface area contributed by atoms with E-state index in [-0.39, 0.29) is 44.2 Å². The molecular formula is C31H17Cl2F14N3O4. The van der Waals surface area contributed by atoms with Crippen LogP contribution < -0.4 is 20.9 Å². The Morgan fingerprint density at radius 2 is 1.09 bits per heavy atom. The predicted molar refractivity (Wildman–Crippen MR) is 165 cm³/mol. The van der Waals surface area contributed by atoms with Crippen LogP contribution in [0.1, 0.15) is 5.56 Å². The van der Waals surface area contributed by atoms with Gasteiger partial charge in [0.2, 0.25) is 0 Å². The summed E-state index contributed by atoms with van der Waals surface area (Å²) in [5.74, 6) is -17.9. The average Bonchev–Trinajstić information content (AvgIpc) is 3.45. The smallest absolute Gasteiger partial charge is 0.465 e. The highest BCUT2D eigenvalue weighted by molar-refractivity contribution is 6.33. The van der Waals surface area contributed by atoms with Gasteiger partial charge in [-0.2, -0.15) is 43.9 Å². The first-order chi connectivity index (χ1) is 24.6. The molecule has 5 rings (SSSR count). The molecule has 0 amide bonds. The molecule has 0 fully saturated rings. The van der Waals surface area contributed by atoms with Crippen LogP contribution >= 0.6 is 23.2 Å². The van der Waals surface area contributed by atoms with E-state index in [0.29, 0.717) is 17.8 Å². The van der Waals surface area contributed by atoms with Gasteiger partial charge in [-0.15, -0.1) is 0 Å². The van der Waals surface area contributed by atoms with E-state index >= 15 is 0 Å². The Bertz CT molecular complexity index is 2080. The summed E-state index contributed by atoms with van der Waals surface area (Å²) in [6, 6.07) is 10.3. The fourth-order valence-corrected chi connectivity index (χ4v) is 4.16. The van der Waals surface area contributed by atoms with Gasteiger partial charge in [0.05, 0.1) is 27.1 Å². The summed E-state index contributed by atoms with van der Waals surface area (Å²) in [7, 11) is 0. The number of carbonyl (C=O) groups is 1. The number of nitrogens with zero attached hydrogens (tertiary/aromatic N) is 1. The topological polar surface area (TPSA) is 120 Å². The van der Waals surface area contributed by atoms with Crippen LogP contribution in [-0.2, 0) is 11.2 Å². The van der Waals surface area contributed by atoms with Gasteiger partial charge in [0.1, 0.15) is 28.8 Å². The number of hydrogen-bond acceptors (Lipinski definition) is 6. The Kier molecular flexibility index (Phi) is 12.8. The second kappa shape index (κ2) is 16.0. The Morgan fingerprint density at radius 3 is 1.50 bits per heavy atom. The van der Waals surface area contributed by atoms with Crippen LogP contribution in [-0.4, -0.2) is 41.0 Å². The number of ether oxygens (including phenoxy) is 2. The Balaban J connectivity index is 0.000000243. The van der Waals surface area contributed by atoms with E-state index in [0.717, 1.165) is 36.4 Å². The average molecular weight is 832 g/mol. The second-order valence-electron chi connectivity index (χ2n) is 10.4. The number of anilines is 2. The molecule has 1 heterocycles. The fraction of sp³-hybridized carbons (Fsp3) is 0.161. The van der Waals surface area contributed by atoms with E-state index in [1.807, 2.05) is 0 Å². The molecule has 1 aliphatic heterocycles. The van der Waals surface area contributed by atoms with E-state index in [1.54, 1.807) is 0 Å². The summed E-state index contributed by atoms with van der Waals surface area (Å²) in [4.78, 5) is 12.5. The Morgan fingerprint density at radius 1 is 0.648 bits per heavy atom. The lowest BCUT2D eigenvalue weighted by Gasteiger charge is -2.19. The zero-order valence-corrected chi connectivity index (χ0v) is 27.3. The van der Waals surface area contributed by atoms with E-state index < -0.39 is 71.3 Å². The molecule has 0 radical (unpaired) electrons. The van der Waals surface area contributed by atoms with Gasteiger partial charge in [0.25, 0.3) is 0 Å². The van der Waals surface area contributed by atoms with E-state index in [1.165, 1.54) is 12.1 Å². The Labute approximate surface area is 302 Å². The number of hydrogen-bond donors (Lipinski definition) is 3. The number of halogens is 16. The normalized spacial score (nSPS) is 12.8. The van der Waals surface area contributed by atoms with Crippen molar-refractivity contribution in [3.63, 3.8) is 0 Å². The van der Waals surface area contributed by atoms with Crippen molar-refractivity contribution < 1.29 is 80.8 Å². The van der Waals surface area contributed by atoms with Gasteiger partial charge in [-0.25, -0.2) is 22.4 Å². The van der Waals surface area contributed by atoms with Gasteiger partial charge in [-0.3, -0.25) is 4.99 Å². The summed E-state index contributed by atoms with van der Waals surface area (Å²) in [6.45, 7) is 0. The number of alkyl halides is 10. The minimum Gasteiger partial charge on any atom is -0.477 e. The SMILES string of the molecule is Fc1ccc(Oc2cc3c(cc2Cl)N=C(C(F)(F)C(F)(F)F)C3)c(F)c1.Nc1cc(Cl)c(Oc2ccc(F)cc2F)cc1N.O=C(O)C(F)(F)C(F)(F)F. The van der Waals surface area contributed by atoms with Gasteiger partial charge in [-0.1, -0.05) is 23.2 Å². The number of fused-ring (bicyclic) bond motifs is 1. The van der Waals surface area contributed by atoms with E-state index in [4.69, 9.17) is 49.2 Å². The van der Waals surface area contributed by atoms with Crippen molar-refractivity contribution >= 4 is 51.9 Å². The summed E-state index contributed by atoms with van der Waals surface area (Å²) in [5.41, 5.74) is 10.2. The molecule has 0 unspecified atom stereocenters. The number of nitrogens with two attached hydrogens (primary N) is 2. The molecular weight excluding hydrogens is 815 g/mol. The minimum atomic E-state index is -6.02. The van der Waals surface area contributed by atoms with Crippen LogP contribution in [0.25, 0.3) is 0 Å². The van der Waals surface area contributed by atoms with Crippen LogP contribution in [0.4, 0.5) is 78.5 Å². The van der Waals surface area contributed by atoms with Crippen LogP contribution in [0.5, 0.6) is 23.0 Å². The van der Waals surface area contributed by atoms with E-state index in [9.17, 15) is 66.3 Å². The number of carboxylic acids is 1. The van der Waals surface area contributed by atoms with Crippen LogP contribution in [0, 0.1) is 23.3 Å². The summed E-state index contributed by atoms with van der Waals surface area (Å²) >= 11 is 11.8.